The van der Waals surface area contributed by atoms with Crippen LogP contribution in [-0.4, -0.2) is 30.4 Å². The molecule has 0 heterocycles. The lowest BCUT2D eigenvalue weighted by Gasteiger charge is -2.22. The highest BCUT2D eigenvalue weighted by Gasteiger charge is 2.18. The Bertz CT molecular complexity index is 362. The van der Waals surface area contributed by atoms with Gasteiger partial charge in [-0.15, -0.1) is 0 Å². The molecule has 3 nitrogen and oxygen atoms in total. The SMILES string of the molecule is CC(C)CCN(C)C(=O)C(N)Cc1ccccc1. The zero-order valence-corrected chi connectivity index (χ0v) is 11.6. The first kappa shape index (κ1) is 14.7. The molecule has 0 aromatic heterocycles. The zero-order chi connectivity index (χ0) is 13.5. The number of benzene rings is 1. The second kappa shape index (κ2) is 7.17. The molecule has 0 radical (unpaired) electrons. The molecule has 0 saturated heterocycles. The van der Waals surface area contributed by atoms with Crippen molar-refractivity contribution in [3.8, 4) is 0 Å². The first-order chi connectivity index (χ1) is 8.50. The maximum absolute atomic E-state index is 12.1. The summed E-state index contributed by atoms with van der Waals surface area (Å²) >= 11 is 0. The van der Waals surface area contributed by atoms with E-state index in [4.69, 9.17) is 5.73 Å². The number of amides is 1. The van der Waals surface area contributed by atoms with Gasteiger partial charge in [0.1, 0.15) is 0 Å². The van der Waals surface area contributed by atoms with Crippen LogP contribution in [0.5, 0.6) is 0 Å². The van der Waals surface area contributed by atoms with Crippen molar-refractivity contribution in [2.75, 3.05) is 13.6 Å². The van der Waals surface area contributed by atoms with Crippen molar-refractivity contribution in [1.29, 1.82) is 0 Å². The predicted molar refractivity (Wildman–Crippen MR) is 75.2 cm³/mol. The molecule has 2 N–H and O–H groups in total. The zero-order valence-electron chi connectivity index (χ0n) is 11.6. The highest BCUT2D eigenvalue weighted by Crippen LogP contribution is 2.06. The first-order valence-electron chi connectivity index (χ1n) is 6.55. The van der Waals surface area contributed by atoms with E-state index in [0.29, 0.717) is 12.3 Å². The van der Waals surface area contributed by atoms with Crippen molar-refractivity contribution in [1.82, 2.24) is 4.90 Å². The van der Waals surface area contributed by atoms with Crippen LogP contribution in [0.15, 0.2) is 30.3 Å². The minimum Gasteiger partial charge on any atom is -0.344 e. The normalized spacial score (nSPS) is 12.5. The molecule has 0 aliphatic carbocycles. The van der Waals surface area contributed by atoms with Gasteiger partial charge in [0.25, 0.3) is 0 Å². The van der Waals surface area contributed by atoms with Crippen LogP contribution in [0.2, 0.25) is 0 Å². The second-order valence-corrected chi connectivity index (χ2v) is 5.24. The fraction of sp³-hybridized carbons (Fsp3) is 0.533. The fourth-order valence-electron chi connectivity index (χ4n) is 1.80. The Labute approximate surface area is 110 Å². The number of likely N-dealkylation sites (N-methyl/N-ethyl adjacent to an activating group) is 1. The topological polar surface area (TPSA) is 46.3 Å². The third-order valence-electron chi connectivity index (χ3n) is 3.03. The summed E-state index contributed by atoms with van der Waals surface area (Å²) in [6.45, 7) is 5.09. The van der Waals surface area contributed by atoms with Crippen LogP contribution in [0.4, 0.5) is 0 Å². The highest BCUT2D eigenvalue weighted by atomic mass is 16.2. The maximum atomic E-state index is 12.1. The molecular formula is C15H24N2O. The van der Waals surface area contributed by atoms with Crippen molar-refractivity contribution < 1.29 is 4.79 Å². The van der Waals surface area contributed by atoms with E-state index in [1.165, 1.54) is 0 Å². The lowest BCUT2D eigenvalue weighted by Crippen LogP contribution is -2.43. The van der Waals surface area contributed by atoms with Gasteiger partial charge in [0.2, 0.25) is 5.91 Å². The fourth-order valence-corrected chi connectivity index (χ4v) is 1.80. The Balaban J connectivity index is 2.46. The molecule has 18 heavy (non-hydrogen) atoms. The average Bonchev–Trinajstić information content (AvgIpc) is 2.36. The maximum Gasteiger partial charge on any atom is 0.239 e. The average molecular weight is 248 g/mol. The number of hydrogen-bond donors (Lipinski definition) is 1. The van der Waals surface area contributed by atoms with E-state index in [0.717, 1.165) is 18.5 Å². The summed E-state index contributed by atoms with van der Waals surface area (Å²) in [5.41, 5.74) is 7.07. The summed E-state index contributed by atoms with van der Waals surface area (Å²) in [5, 5.41) is 0. The summed E-state index contributed by atoms with van der Waals surface area (Å²) in [4.78, 5) is 13.8. The Morgan fingerprint density at radius 3 is 2.44 bits per heavy atom. The van der Waals surface area contributed by atoms with E-state index in [1.54, 1.807) is 4.90 Å². The van der Waals surface area contributed by atoms with Crippen LogP contribution < -0.4 is 5.73 Å². The molecule has 1 rings (SSSR count). The van der Waals surface area contributed by atoms with Crippen LogP contribution in [0.3, 0.4) is 0 Å². The van der Waals surface area contributed by atoms with Gasteiger partial charge in [-0.3, -0.25) is 4.79 Å². The minimum atomic E-state index is -0.440. The molecule has 1 unspecified atom stereocenters. The summed E-state index contributed by atoms with van der Waals surface area (Å²) in [6, 6.07) is 9.46. The van der Waals surface area contributed by atoms with Gasteiger partial charge in [0.05, 0.1) is 6.04 Å². The van der Waals surface area contributed by atoms with Gasteiger partial charge in [0.15, 0.2) is 0 Å². The Morgan fingerprint density at radius 2 is 1.89 bits per heavy atom. The van der Waals surface area contributed by atoms with E-state index < -0.39 is 6.04 Å². The van der Waals surface area contributed by atoms with E-state index in [9.17, 15) is 4.79 Å². The summed E-state index contributed by atoms with van der Waals surface area (Å²) in [7, 11) is 1.83. The summed E-state index contributed by atoms with van der Waals surface area (Å²) < 4.78 is 0. The van der Waals surface area contributed by atoms with Crippen molar-refractivity contribution in [3.63, 3.8) is 0 Å². The lowest BCUT2D eigenvalue weighted by molar-refractivity contribution is -0.131. The number of hydrogen-bond acceptors (Lipinski definition) is 2. The van der Waals surface area contributed by atoms with Gasteiger partial charge in [-0.25, -0.2) is 0 Å². The number of carbonyl (C=O) groups excluding carboxylic acids is 1. The van der Waals surface area contributed by atoms with Gasteiger partial charge in [0, 0.05) is 13.6 Å². The molecule has 0 saturated carbocycles. The molecule has 0 aliphatic rings. The van der Waals surface area contributed by atoms with Crippen LogP contribution in [0.25, 0.3) is 0 Å². The van der Waals surface area contributed by atoms with Gasteiger partial charge < -0.3 is 10.6 Å². The van der Waals surface area contributed by atoms with Crippen LogP contribution >= 0.6 is 0 Å². The molecular weight excluding hydrogens is 224 g/mol. The number of rotatable bonds is 6. The minimum absolute atomic E-state index is 0.0273. The molecule has 1 aromatic rings. The Hall–Kier alpha value is -1.35. The second-order valence-electron chi connectivity index (χ2n) is 5.24. The molecule has 1 amide bonds. The third kappa shape index (κ3) is 4.88. The molecule has 0 bridgehead atoms. The monoisotopic (exact) mass is 248 g/mol. The summed E-state index contributed by atoms with van der Waals surface area (Å²) in [6.07, 6.45) is 1.62. The largest absolute Gasteiger partial charge is 0.344 e. The molecule has 3 heteroatoms. The molecule has 0 spiro atoms. The molecule has 100 valence electrons. The number of nitrogens with zero attached hydrogens (tertiary/aromatic N) is 1. The van der Waals surface area contributed by atoms with Gasteiger partial charge >= 0.3 is 0 Å². The van der Waals surface area contributed by atoms with Crippen LogP contribution in [0, 0.1) is 5.92 Å². The van der Waals surface area contributed by atoms with Crippen molar-refractivity contribution in [2.45, 2.75) is 32.7 Å². The van der Waals surface area contributed by atoms with E-state index in [2.05, 4.69) is 13.8 Å². The van der Waals surface area contributed by atoms with Gasteiger partial charge in [-0.1, -0.05) is 44.2 Å². The summed E-state index contributed by atoms with van der Waals surface area (Å²) in [5.74, 6) is 0.630. The van der Waals surface area contributed by atoms with Gasteiger partial charge in [-0.2, -0.15) is 0 Å². The smallest absolute Gasteiger partial charge is 0.239 e. The predicted octanol–water partition coefficient (Wildman–Crippen LogP) is 2.06. The van der Waals surface area contributed by atoms with Crippen LogP contribution in [0.1, 0.15) is 25.8 Å². The molecule has 1 aromatic carbocycles. The standard InChI is InChI=1S/C15H24N2O/c1-12(2)9-10-17(3)15(18)14(16)11-13-7-5-4-6-8-13/h4-8,12,14H,9-11,16H2,1-3H3. The highest BCUT2D eigenvalue weighted by molar-refractivity contribution is 5.81. The number of carbonyl (C=O) groups is 1. The third-order valence-corrected chi connectivity index (χ3v) is 3.03. The van der Waals surface area contributed by atoms with Crippen LogP contribution in [-0.2, 0) is 11.2 Å². The lowest BCUT2D eigenvalue weighted by atomic mass is 10.1. The van der Waals surface area contributed by atoms with Crippen molar-refractivity contribution in [3.05, 3.63) is 35.9 Å². The van der Waals surface area contributed by atoms with Crippen molar-refractivity contribution >= 4 is 5.91 Å². The molecule has 0 aliphatic heterocycles. The number of nitrogens with two attached hydrogens (primary N) is 1. The van der Waals surface area contributed by atoms with E-state index in [1.807, 2.05) is 37.4 Å². The van der Waals surface area contributed by atoms with E-state index in [-0.39, 0.29) is 5.91 Å². The first-order valence-corrected chi connectivity index (χ1v) is 6.55. The Kier molecular flexibility index (Phi) is 5.86. The Morgan fingerprint density at radius 1 is 1.28 bits per heavy atom. The quantitative estimate of drug-likeness (QED) is 0.837. The molecule has 1 atom stereocenters. The van der Waals surface area contributed by atoms with Crippen molar-refractivity contribution in [2.24, 2.45) is 11.7 Å². The molecule has 0 fully saturated rings. The van der Waals surface area contributed by atoms with E-state index >= 15 is 0 Å². The van der Waals surface area contributed by atoms with Gasteiger partial charge in [-0.05, 0) is 24.3 Å².